The minimum atomic E-state index is 0.474. The molecule has 3 heteroatoms. The summed E-state index contributed by atoms with van der Waals surface area (Å²) in [5.74, 6) is 0.913. The Morgan fingerprint density at radius 3 is 2.65 bits per heavy atom. The minimum Gasteiger partial charge on any atom is -0.497 e. The fraction of sp³-hybridized carbons (Fsp3) is 0.400. The van der Waals surface area contributed by atoms with Gasteiger partial charge in [0, 0.05) is 32.2 Å². The molecule has 2 aromatic rings. The van der Waals surface area contributed by atoms with E-state index in [4.69, 9.17) is 4.74 Å². The third kappa shape index (κ3) is 3.74. The molecule has 0 saturated carbocycles. The first-order valence-electron chi connectivity index (χ1n) is 8.45. The molecule has 0 radical (unpaired) electrons. The van der Waals surface area contributed by atoms with Crippen LogP contribution in [0.5, 0.6) is 5.75 Å². The summed E-state index contributed by atoms with van der Waals surface area (Å²) >= 11 is 0. The third-order valence-corrected chi connectivity index (χ3v) is 4.69. The molecule has 23 heavy (non-hydrogen) atoms. The van der Waals surface area contributed by atoms with Crippen molar-refractivity contribution in [3.05, 3.63) is 54.6 Å². The highest BCUT2D eigenvalue weighted by molar-refractivity contribution is 5.84. The predicted molar refractivity (Wildman–Crippen MR) is 97.1 cm³/mol. The monoisotopic (exact) mass is 310 g/mol. The Hall–Kier alpha value is -1.84. The van der Waals surface area contributed by atoms with Gasteiger partial charge in [-0.05, 0) is 47.4 Å². The van der Waals surface area contributed by atoms with Crippen molar-refractivity contribution in [3.8, 4) is 5.75 Å². The lowest BCUT2D eigenvalue weighted by molar-refractivity contribution is 0.166. The van der Waals surface area contributed by atoms with Crippen LogP contribution in [0.3, 0.4) is 0 Å². The van der Waals surface area contributed by atoms with Crippen molar-refractivity contribution in [2.24, 2.45) is 0 Å². The van der Waals surface area contributed by atoms with Gasteiger partial charge >= 0.3 is 0 Å². The Balaban J connectivity index is 1.90. The summed E-state index contributed by atoms with van der Waals surface area (Å²) in [4.78, 5) is 2.60. The van der Waals surface area contributed by atoms with Gasteiger partial charge in [0.15, 0.2) is 0 Å². The summed E-state index contributed by atoms with van der Waals surface area (Å²) in [5, 5.41) is 5.96. The lowest BCUT2D eigenvalue weighted by atomic mass is 9.96. The summed E-state index contributed by atoms with van der Waals surface area (Å²) in [5.41, 5.74) is 1.41. The van der Waals surface area contributed by atoms with Crippen molar-refractivity contribution in [2.45, 2.75) is 18.9 Å². The van der Waals surface area contributed by atoms with Crippen molar-refractivity contribution in [3.63, 3.8) is 0 Å². The second kappa shape index (κ2) is 7.62. The summed E-state index contributed by atoms with van der Waals surface area (Å²) < 4.78 is 5.32. The van der Waals surface area contributed by atoms with Crippen LogP contribution in [-0.4, -0.2) is 38.2 Å². The largest absolute Gasteiger partial charge is 0.497 e. The first-order valence-corrected chi connectivity index (χ1v) is 8.45. The number of hydrogen-bond donors (Lipinski definition) is 1. The SMILES string of the molecule is C=CCC[C@@H](c1ccc2cc(OC)ccc2c1)N1CCNCC1. The lowest BCUT2D eigenvalue weighted by Gasteiger charge is -2.35. The van der Waals surface area contributed by atoms with Crippen molar-refractivity contribution in [1.82, 2.24) is 10.2 Å². The second-order valence-electron chi connectivity index (χ2n) is 6.14. The van der Waals surface area contributed by atoms with Crippen LogP contribution < -0.4 is 10.1 Å². The van der Waals surface area contributed by atoms with Crippen LogP contribution in [0.25, 0.3) is 10.8 Å². The van der Waals surface area contributed by atoms with Crippen molar-refractivity contribution in [1.29, 1.82) is 0 Å². The van der Waals surface area contributed by atoms with Crippen LogP contribution in [0.1, 0.15) is 24.4 Å². The Kier molecular flexibility index (Phi) is 5.31. The number of rotatable bonds is 6. The standard InChI is InChI=1S/C20H26N2O/c1-3-4-5-20(22-12-10-21-11-13-22)18-7-6-17-15-19(23-2)9-8-16(17)14-18/h3,6-9,14-15,20-21H,1,4-5,10-13H2,2H3/t20-/m0/s1. The highest BCUT2D eigenvalue weighted by Crippen LogP contribution is 2.30. The van der Waals surface area contributed by atoms with Gasteiger partial charge in [0.25, 0.3) is 0 Å². The molecule has 1 saturated heterocycles. The van der Waals surface area contributed by atoms with E-state index in [9.17, 15) is 0 Å². The summed E-state index contributed by atoms with van der Waals surface area (Å²) in [6.07, 6.45) is 4.21. The average Bonchev–Trinajstić information content (AvgIpc) is 2.62. The molecular formula is C20H26N2O. The van der Waals surface area contributed by atoms with Gasteiger partial charge in [0.1, 0.15) is 5.75 Å². The quantitative estimate of drug-likeness (QED) is 0.822. The van der Waals surface area contributed by atoms with E-state index in [1.807, 2.05) is 12.1 Å². The topological polar surface area (TPSA) is 24.5 Å². The maximum absolute atomic E-state index is 5.32. The lowest BCUT2D eigenvalue weighted by Crippen LogP contribution is -2.45. The molecule has 1 aliphatic heterocycles. The van der Waals surface area contributed by atoms with Gasteiger partial charge in [-0.1, -0.05) is 24.3 Å². The van der Waals surface area contributed by atoms with Gasteiger partial charge in [-0.2, -0.15) is 0 Å². The fourth-order valence-corrected chi connectivity index (χ4v) is 3.41. The number of fused-ring (bicyclic) bond motifs is 1. The zero-order chi connectivity index (χ0) is 16.1. The number of allylic oxidation sites excluding steroid dienone is 1. The molecule has 1 aliphatic rings. The van der Waals surface area contributed by atoms with Gasteiger partial charge in [-0.25, -0.2) is 0 Å². The maximum Gasteiger partial charge on any atom is 0.119 e. The summed E-state index contributed by atoms with van der Waals surface area (Å²) in [6.45, 7) is 8.28. The Bertz CT molecular complexity index is 662. The first-order chi connectivity index (χ1) is 11.3. The molecule has 1 heterocycles. The van der Waals surface area contributed by atoms with Crippen LogP contribution in [0.4, 0.5) is 0 Å². The van der Waals surface area contributed by atoms with E-state index in [0.29, 0.717) is 6.04 Å². The van der Waals surface area contributed by atoms with Crippen LogP contribution in [0.15, 0.2) is 49.1 Å². The van der Waals surface area contributed by atoms with Gasteiger partial charge in [0.2, 0.25) is 0 Å². The predicted octanol–water partition coefficient (Wildman–Crippen LogP) is 3.76. The molecule has 1 fully saturated rings. The molecule has 1 atom stereocenters. The zero-order valence-corrected chi connectivity index (χ0v) is 13.9. The molecular weight excluding hydrogens is 284 g/mol. The van der Waals surface area contributed by atoms with Gasteiger partial charge in [-0.3, -0.25) is 4.90 Å². The van der Waals surface area contributed by atoms with Crippen molar-refractivity contribution >= 4 is 10.8 Å². The number of nitrogens with zero attached hydrogens (tertiary/aromatic N) is 1. The number of hydrogen-bond acceptors (Lipinski definition) is 3. The number of nitrogens with one attached hydrogen (secondary N) is 1. The minimum absolute atomic E-state index is 0.474. The summed E-state index contributed by atoms with van der Waals surface area (Å²) in [6, 6.07) is 13.6. The van der Waals surface area contributed by atoms with E-state index >= 15 is 0 Å². The maximum atomic E-state index is 5.32. The zero-order valence-electron chi connectivity index (χ0n) is 13.9. The Morgan fingerprint density at radius 1 is 1.17 bits per heavy atom. The second-order valence-corrected chi connectivity index (χ2v) is 6.14. The molecule has 0 bridgehead atoms. The van der Waals surface area contributed by atoms with E-state index in [1.54, 1.807) is 7.11 Å². The molecule has 1 N–H and O–H groups in total. The molecule has 3 nitrogen and oxygen atoms in total. The third-order valence-electron chi connectivity index (χ3n) is 4.69. The van der Waals surface area contributed by atoms with Gasteiger partial charge in [0.05, 0.1) is 7.11 Å². The fourth-order valence-electron chi connectivity index (χ4n) is 3.41. The molecule has 0 amide bonds. The average molecular weight is 310 g/mol. The smallest absolute Gasteiger partial charge is 0.119 e. The van der Waals surface area contributed by atoms with Gasteiger partial charge < -0.3 is 10.1 Å². The molecule has 3 rings (SSSR count). The number of methoxy groups -OCH3 is 1. The van der Waals surface area contributed by atoms with E-state index in [-0.39, 0.29) is 0 Å². The van der Waals surface area contributed by atoms with Crippen molar-refractivity contribution < 1.29 is 4.74 Å². The molecule has 0 unspecified atom stereocenters. The number of benzene rings is 2. The van der Waals surface area contributed by atoms with E-state index in [0.717, 1.165) is 44.8 Å². The first kappa shape index (κ1) is 16.0. The highest BCUT2D eigenvalue weighted by Gasteiger charge is 2.21. The normalized spacial score (nSPS) is 17.1. The van der Waals surface area contributed by atoms with Crippen LogP contribution in [-0.2, 0) is 0 Å². The molecule has 0 aliphatic carbocycles. The number of ether oxygens (including phenoxy) is 1. The van der Waals surface area contributed by atoms with Crippen LogP contribution in [0.2, 0.25) is 0 Å². The highest BCUT2D eigenvalue weighted by atomic mass is 16.5. The van der Waals surface area contributed by atoms with E-state index in [1.165, 1.54) is 16.3 Å². The summed E-state index contributed by atoms with van der Waals surface area (Å²) in [7, 11) is 1.71. The van der Waals surface area contributed by atoms with Gasteiger partial charge in [-0.15, -0.1) is 6.58 Å². The molecule has 0 aromatic heterocycles. The van der Waals surface area contributed by atoms with E-state index < -0.39 is 0 Å². The molecule has 2 aromatic carbocycles. The number of piperazine rings is 1. The van der Waals surface area contributed by atoms with Crippen molar-refractivity contribution in [2.75, 3.05) is 33.3 Å². The Morgan fingerprint density at radius 2 is 1.91 bits per heavy atom. The molecule has 122 valence electrons. The van der Waals surface area contributed by atoms with E-state index in [2.05, 4.69) is 47.1 Å². The molecule has 0 spiro atoms. The Labute approximate surface area is 138 Å². The van der Waals surface area contributed by atoms with Crippen LogP contribution >= 0.6 is 0 Å². The van der Waals surface area contributed by atoms with Crippen LogP contribution in [0, 0.1) is 0 Å².